The lowest BCUT2D eigenvalue weighted by molar-refractivity contribution is -0.129. The Morgan fingerprint density at radius 2 is 1.88 bits per heavy atom. The molecule has 1 fully saturated rings. The summed E-state index contributed by atoms with van der Waals surface area (Å²) in [7, 11) is 3.42. The molecule has 9 nitrogen and oxygen atoms in total. The summed E-state index contributed by atoms with van der Waals surface area (Å²) in [6, 6.07) is 5.84. The van der Waals surface area contributed by atoms with E-state index in [1.54, 1.807) is 14.2 Å². The highest BCUT2D eigenvalue weighted by molar-refractivity contribution is 5.79. The van der Waals surface area contributed by atoms with Gasteiger partial charge in [0.15, 0.2) is 0 Å². The van der Waals surface area contributed by atoms with Gasteiger partial charge in [0.2, 0.25) is 5.91 Å². The number of carbonyl (C=O) groups is 1. The number of amides is 1. The number of rotatable bonds is 18. The van der Waals surface area contributed by atoms with Crippen molar-refractivity contribution in [3.8, 4) is 5.75 Å². The molecule has 1 aromatic rings. The van der Waals surface area contributed by atoms with Gasteiger partial charge in [-0.25, -0.2) is 0 Å². The smallest absolute Gasteiger partial charge is 0.223 e. The first-order valence-electron chi connectivity index (χ1n) is 14.9. The van der Waals surface area contributed by atoms with E-state index in [2.05, 4.69) is 41.3 Å². The Morgan fingerprint density at radius 1 is 1.15 bits per heavy atom. The molecule has 40 heavy (non-hydrogen) atoms. The summed E-state index contributed by atoms with van der Waals surface area (Å²) < 4.78 is 16.2. The molecule has 4 atom stereocenters. The maximum absolute atomic E-state index is 13.2. The van der Waals surface area contributed by atoms with Crippen molar-refractivity contribution in [2.24, 2.45) is 28.8 Å². The fourth-order valence-electron chi connectivity index (χ4n) is 5.52. The molecule has 0 radical (unpaired) electrons. The second kappa shape index (κ2) is 18.2. The van der Waals surface area contributed by atoms with Gasteiger partial charge in [-0.3, -0.25) is 4.79 Å². The molecule has 2 rings (SSSR count). The fourth-order valence-corrected chi connectivity index (χ4v) is 5.52. The van der Waals surface area contributed by atoms with E-state index in [1.807, 2.05) is 19.9 Å². The molecule has 0 saturated carbocycles. The van der Waals surface area contributed by atoms with Crippen molar-refractivity contribution in [2.75, 3.05) is 34.0 Å². The first kappa shape index (κ1) is 33.9. The highest BCUT2D eigenvalue weighted by Crippen LogP contribution is 2.30. The van der Waals surface area contributed by atoms with Crippen LogP contribution in [0.5, 0.6) is 5.75 Å². The van der Waals surface area contributed by atoms with E-state index >= 15 is 0 Å². The van der Waals surface area contributed by atoms with E-state index in [-0.39, 0.29) is 36.1 Å². The highest BCUT2D eigenvalue weighted by Gasteiger charge is 2.32. The number of hydrogen-bond acceptors (Lipinski definition) is 6. The average molecular weight is 561 g/mol. The first-order valence-corrected chi connectivity index (χ1v) is 14.9. The Kier molecular flexibility index (Phi) is 15.4. The Morgan fingerprint density at radius 3 is 2.48 bits per heavy atom. The lowest BCUT2D eigenvalue weighted by atomic mass is 9.80. The van der Waals surface area contributed by atoms with Crippen LogP contribution >= 0.6 is 0 Å². The van der Waals surface area contributed by atoms with Crippen LogP contribution in [0.2, 0.25) is 0 Å². The van der Waals surface area contributed by atoms with E-state index in [1.165, 1.54) is 11.1 Å². The number of aryl methyl sites for hydroxylation is 1. The van der Waals surface area contributed by atoms with Gasteiger partial charge in [-0.2, -0.15) is 0 Å². The predicted octanol–water partition coefficient (Wildman–Crippen LogP) is 5.87. The van der Waals surface area contributed by atoms with Crippen LogP contribution in [-0.4, -0.2) is 63.2 Å². The van der Waals surface area contributed by atoms with Crippen molar-refractivity contribution in [2.45, 2.75) is 97.2 Å². The van der Waals surface area contributed by atoms with Gasteiger partial charge in [-0.05, 0) is 91.8 Å². The van der Waals surface area contributed by atoms with Crippen molar-refractivity contribution in [3.05, 3.63) is 39.8 Å². The monoisotopic (exact) mass is 560 g/mol. The molecule has 1 aliphatic heterocycles. The normalized spacial score (nSPS) is 17.2. The quantitative estimate of drug-likeness (QED) is 0.101. The summed E-state index contributed by atoms with van der Waals surface area (Å²) in [6.45, 7) is 10.4. The zero-order valence-corrected chi connectivity index (χ0v) is 25.5. The van der Waals surface area contributed by atoms with Gasteiger partial charge in [-0.1, -0.05) is 44.9 Å². The number of aliphatic hydroxyl groups is 1. The lowest BCUT2D eigenvalue weighted by Gasteiger charge is -2.31. The van der Waals surface area contributed by atoms with Crippen molar-refractivity contribution in [3.63, 3.8) is 0 Å². The van der Waals surface area contributed by atoms with Crippen LogP contribution in [0, 0.1) is 23.7 Å². The van der Waals surface area contributed by atoms with Gasteiger partial charge in [0.25, 0.3) is 0 Å². The molecule has 0 unspecified atom stereocenters. The van der Waals surface area contributed by atoms with Gasteiger partial charge < -0.3 is 24.6 Å². The molecule has 1 aromatic carbocycles. The van der Waals surface area contributed by atoms with Gasteiger partial charge in [-0.15, -0.1) is 0 Å². The van der Waals surface area contributed by atoms with Crippen molar-refractivity contribution < 1.29 is 24.1 Å². The van der Waals surface area contributed by atoms with Crippen molar-refractivity contribution >= 4 is 5.91 Å². The average Bonchev–Trinajstić information content (AvgIpc) is 2.93. The standard InChI is InChI=1S/C31H52N4O5/c1-21(2)25(18-23-10-11-30(39-6)24(17-23)9-7-8-14-38-5)19-28(34-35-32)29(36)20-27(22(3)4)31(37)33-26-12-15-40-16-13-26/h10-11,17,21-22,25-29,36H,7-9,12-16,18-20H2,1-6H3,(H,33,37)/t25-,27-,28-,29-/m0/s1. The zero-order valence-electron chi connectivity index (χ0n) is 25.5. The Bertz CT molecular complexity index is 928. The third-order valence-electron chi connectivity index (χ3n) is 8.22. The molecule has 1 amide bonds. The number of azide groups is 1. The summed E-state index contributed by atoms with van der Waals surface area (Å²) in [4.78, 5) is 16.2. The fraction of sp³-hybridized carbons (Fsp3) is 0.774. The molecule has 0 aromatic heterocycles. The molecule has 2 N–H and O–H groups in total. The maximum atomic E-state index is 13.2. The summed E-state index contributed by atoms with van der Waals surface area (Å²) in [5.41, 5.74) is 11.7. The molecule has 0 spiro atoms. The Balaban J connectivity index is 2.11. The Labute approximate surface area is 241 Å². The van der Waals surface area contributed by atoms with Crippen LogP contribution in [0.4, 0.5) is 0 Å². The van der Waals surface area contributed by atoms with Gasteiger partial charge in [0.05, 0.1) is 19.3 Å². The number of ether oxygens (including phenoxy) is 3. The molecule has 0 aliphatic carbocycles. The van der Waals surface area contributed by atoms with Crippen LogP contribution in [0.1, 0.15) is 77.3 Å². The van der Waals surface area contributed by atoms with Crippen LogP contribution in [-0.2, 0) is 27.1 Å². The van der Waals surface area contributed by atoms with Crippen LogP contribution in [0.25, 0.3) is 10.4 Å². The third-order valence-corrected chi connectivity index (χ3v) is 8.22. The second-order valence-electron chi connectivity index (χ2n) is 11.9. The minimum atomic E-state index is -0.905. The number of carbonyl (C=O) groups excluding carboxylic acids is 1. The molecule has 1 heterocycles. The minimum Gasteiger partial charge on any atom is -0.496 e. The third kappa shape index (κ3) is 11.3. The Hall–Kier alpha value is -2.32. The zero-order chi connectivity index (χ0) is 29.5. The lowest BCUT2D eigenvalue weighted by Crippen LogP contribution is -2.44. The number of hydrogen-bond donors (Lipinski definition) is 2. The van der Waals surface area contributed by atoms with Gasteiger partial charge in [0.1, 0.15) is 5.75 Å². The number of benzene rings is 1. The highest BCUT2D eigenvalue weighted by atomic mass is 16.5. The summed E-state index contributed by atoms with van der Waals surface area (Å²) in [5.74, 6) is 1.03. The van der Waals surface area contributed by atoms with E-state index in [4.69, 9.17) is 14.2 Å². The molecule has 1 saturated heterocycles. The summed E-state index contributed by atoms with van der Waals surface area (Å²) >= 11 is 0. The number of unbranched alkanes of at least 4 members (excludes halogenated alkanes) is 1. The van der Waals surface area contributed by atoms with Gasteiger partial charge in [0, 0.05) is 43.8 Å². The molecular formula is C31H52N4O5. The number of nitrogens with zero attached hydrogens (tertiary/aromatic N) is 3. The first-order chi connectivity index (χ1) is 19.2. The van der Waals surface area contributed by atoms with Crippen molar-refractivity contribution in [1.29, 1.82) is 0 Å². The predicted molar refractivity (Wildman–Crippen MR) is 158 cm³/mol. The molecule has 9 heteroatoms. The minimum absolute atomic E-state index is 0.0442. The molecule has 0 bridgehead atoms. The van der Waals surface area contributed by atoms with E-state index in [0.717, 1.165) is 50.9 Å². The number of nitrogens with one attached hydrogen (secondary N) is 1. The van der Waals surface area contributed by atoms with Crippen LogP contribution in [0.3, 0.4) is 0 Å². The van der Waals surface area contributed by atoms with E-state index in [9.17, 15) is 15.4 Å². The molecule has 1 aliphatic rings. The summed E-state index contributed by atoms with van der Waals surface area (Å²) in [6.07, 6.45) is 5.24. The van der Waals surface area contributed by atoms with Crippen LogP contribution in [0.15, 0.2) is 23.3 Å². The van der Waals surface area contributed by atoms with Crippen LogP contribution < -0.4 is 10.1 Å². The number of aliphatic hydroxyl groups excluding tert-OH is 1. The second-order valence-corrected chi connectivity index (χ2v) is 11.9. The number of methoxy groups -OCH3 is 2. The topological polar surface area (TPSA) is 126 Å². The summed E-state index contributed by atoms with van der Waals surface area (Å²) in [5, 5.41) is 18.5. The van der Waals surface area contributed by atoms with Gasteiger partial charge >= 0.3 is 0 Å². The maximum Gasteiger partial charge on any atom is 0.223 e. The molecular weight excluding hydrogens is 508 g/mol. The largest absolute Gasteiger partial charge is 0.496 e. The SMILES string of the molecule is COCCCCc1cc(C[C@@H](C[C@H](N=[N+]=[N-])[C@@H](O)C[C@H](C(=O)NC2CCOCC2)C(C)C)C(C)C)ccc1OC. The van der Waals surface area contributed by atoms with E-state index < -0.39 is 12.1 Å². The van der Waals surface area contributed by atoms with E-state index in [0.29, 0.717) is 25.6 Å². The molecule has 226 valence electrons. The van der Waals surface area contributed by atoms with Crippen molar-refractivity contribution in [1.82, 2.24) is 5.32 Å².